The Kier molecular flexibility index (Phi) is 4.11. The Labute approximate surface area is 124 Å². The fraction of sp³-hybridized carbons (Fsp3) is 0.571. The molecule has 0 aliphatic carbocycles. The molecule has 4 N–H and O–H groups in total. The second kappa shape index (κ2) is 5.67. The summed E-state index contributed by atoms with van der Waals surface area (Å²) in [7, 11) is 0. The van der Waals surface area contributed by atoms with Gasteiger partial charge in [0, 0.05) is 32.2 Å². The van der Waals surface area contributed by atoms with E-state index in [0.717, 1.165) is 5.82 Å². The Morgan fingerprint density at radius 3 is 2.33 bits per heavy atom. The molecule has 116 valence electrons. The van der Waals surface area contributed by atoms with Gasteiger partial charge < -0.3 is 26.0 Å². The number of rotatable bonds is 1. The van der Waals surface area contributed by atoms with E-state index in [1.54, 1.807) is 17.2 Å². The smallest absolute Gasteiger partial charge is 0.410 e. The second-order valence-corrected chi connectivity index (χ2v) is 6.13. The molecule has 1 aliphatic heterocycles. The van der Waals surface area contributed by atoms with Crippen LogP contribution in [-0.2, 0) is 4.74 Å². The van der Waals surface area contributed by atoms with Crippen molar-refractivity contribution < 1.29 is 9.53 Å². The number of nitrogen functional groups attached to an aromatic ring is 2. The lowest BCUT2D eigenvalue weighted by Crippen LogP contribution is -2.50. The molecule has 2 heterocycles. The van der Waals surface area contributed by atoms with Crippen LogP contribution in [0.15, 0.2) is 12.3 Å². The third kappa shape index (κ3) is 3.90. The normalized spacial score (nSPS) is 16.0. The SMILES string of the molecule is CC(C)(C)OC(=O)N1CCN(c2cc(N)c(N)cn2)CC1. The quantitative estimate of drug-likeness (QED) is 0.810. The summed E-state index contributed by atoms with van der Waals surface area (Å²) in [5, 5.41) is 0. The van der Waals surface area contributed by atoms with Crippen LogP contribution in [0.3, 0.4) is 0 Å². The standard InChI is InChI=1S/C14H23N5O2/c1-14(2,3)21-13(20)19-6-4-18(5-7-19)12-8-10(15)11(16)9-17-12/h8-9H,4-7,16H2,1-3H3,(H2,15,17). The third-order valence-corrected chi connectivity index (χ3v) is 3.21. The number of pyridine rings is 1. The van der Waals surface area contributed by atoms with Gasteiger partial charge in [0.05, 0.1) is 17.6 Å². The van der Waals surface area contributed by atoms with Crippen LogP contribution < -0.4 is 16.4 Å². The van der Waals surface area contributed by atoms with Crippen LogP contribution in [0.25, 0.3) is 0 Å². The molecule has 1 aliphatic rings. The zero-order valence-electron chi connectivity index (χ0n) is 12.8. The largest absolute Gasteiger partial charge is 0.444 e. The molecule has 0 radical (unpaired) electrons. The molecular formula is C14H23N5O2. The van der Waals surface area contributed by atoms with E-state index < -0.39 is 5.60 Å². The van der Waals surface area contributed by atoms with E-state index in [1.165, 1.54) is 0 Å². The van der Waals surface area contributed by atoms with E-state index in [1.807, 2.05) is 20.8 Å². The first-order valence-corrected chi connectivity index (χ1v) is 7.00. The highest BCUT2D eigenvalue weighted by Gasteiger charge is 2.26. The van der Waals surface area contributed by atoms with Gasteiger partial charge >= 0.3 is 6.09 Å². The van der Waals surface area contributed by atoms with E-state index in [0.29, 0.717) is 37.6 Å². The van der Waals surface area contributed by atoms with Crippen LogP contribution in [0.2, 0.25) is 0 Å². The summed E-state index contributed by atoms with van der Waals surface area (Å²) in [6, 6.07) is 1.76. The van der Waals surface area contributed by atoms with E-state index >= 15 is 0 Å². The van der Waals surface area contributed by atoms with Gasteiger partial charge in [-0.25, -0.2) is 9.78 Å². The molecule has 7 nitrogen and oxygen atoms in total. The van der Waals surface area contributed by atoms with E-state index in [2.05, 4.69) is 9.88 Å². The van der Waals surface area contributed by atoms with Crippen LogP contribution in [0.4, 0.5) is 22.0 Å². The van der Waals surface area contributed by atoms with Gasteiger partial charge in [-0.15, -0.1) is 0 Å². The van der Waals surface area contributed by atoms with Gasteiger partial charge in [-0.2, -0.15) is 0 Å². The first-order chi connectivity index (χ1) is 9.76. The molecule has 21 heavy (non-hydrogen) atoms. The molecule has 1 fully saturated rings. The van der Waals surface area contributed by atoms with Crippen molar-refractivity contribution in [2.24, 2.45) is 0 Å². The van der Waals surface area contributed by atoms with Crippen molar-refractivity contribution in [3.63, 3.8) is 0 Å². The minimum Gasteiger partial charge on any atom is -0.444 e. The van der Waals surface area contributed by atoms with E-state index in [4.69, 9.17) is 16.2 Å². The number of amides is 1. The Balaban J connectivity index is 1.94. The molecule has 1 aromatic heterocycles. The van der Waals surface area contributed by atoms with Crippen molar-refractivity contribution in [1.82, 2.24) is 9.88 Å². The van der Waals surface area contributed by atoms with Gasteiger partial charge in [-0.1, -0.05) is 0 Å². The molecule has 0 atom stereocenters. The Bertz CT molecular complexity index is 519. The molecule has 7 heteroatoms. The highest BCUT2D eigenvalue weighted by atomic mass is 16.6. The van der Waals surface area contributed by atoms with Crippen LogP contribution >= 0.6 is 0 Å². The average molecular weight is 293 g/mol. The topological polar surface area (TPSA) is 97.7 Å². The molecule has 1 aromatic rings. The summed E-state index contributed by atoms with van der Waals surface area (Å²) in [4.78, 5) is 20.1. The number of ether oxygens (including phenoxy) is 1. The highest BCUT2D eigenvalue weighted by molar-refractivity contribution is 5.69. The number of piperazine rings is 1. The van der Waals surface area contributed by atoms with Crippen LogP contribution in [-0.4, -0.2) is 47.8 Å². The molecule has 0 unspecified atom stereocenters. The number of carbonyl (C=O) groups excluding carboxylic acids is 1. The van der Waals surface area contributed by atoms with Crippen molar-refractivity contribution in [2.75, 3.05) is 42.5 Å². The van der Waals surface area contributed by atoms with E-state index in [9.17, 15) is 4.79 Å². The fourth-order valence-electron chi connectivity index (χ4n) is 2.09. The summed E-state index contributed by atoms with van der Waals surface area (Å²) < 4.78 is 5.37. The summed E-state index contributed by atoms with van der Waals surface area (Å²) in [6.45, 7) is 8.17. The number of hydrogen-bond donors (Lipinski definition) is 2. The van der Waals surface area contributed by atoms with Gasteiger partial charge in [0.25, 0.3) is 0 Å². The molecule has 2 rings (SSSR count). The van der Waals surface area contributed by atoms with Crippen LogP contribution in [0.5, 0.6) is 0 Å². The number of carbonyl (C=O) groups is 1. The first-order valence-electron chi connectivity index (χ1n) is 7.00. The molecule has 1 amide bonds. The van der Waals surface area contributed by atoms with Crippen molar-refractivity contribution in [1.29, 1.82) is 0 Å². The van der Waals surface area contributed by atoms with E-state index in [-0.39, 0.29) is 6.09 Å². The maximum Gasteiger partial charge on any atom is 0.410 e. The minimum atomic E-state index is -0.471. The van der Waals surface area contributed by atoms with Gasteiger partial charge in [-0.3, -0.25) is 0 Å². The number of anilines is 3. The number of nitrogens with zero attached hydrogens (tertiary/aromatic N) is 3. The summed E-state index contributed by atoms with van der Waals surface area (Å²) in [5.41, 5.74) is 12.0. The zero-order chi connectivity index (χ0) is 15.6. The number of nitrogens with two attached hydrogens (primary N) is 2. The monoisotopic (exact) mass is 293 g/mol. The Hall–Kier alpha value is -2.18. The van der Waals surface area contributed by atoms with Crippen molar-refractivity contribution in [2.45, 2.75) is 26.4 Å². The Morgan fingerprint density at radius 1 is 1.19 bits per heavy atom. The molecule has 1 saturated heterocycles. The predicted molar refractivity (Wildman–Crippen MR) is 83.1 cm³/mol. The average Bonchev–Trinajstić information content (AvgIpc) is 2.40. The van der Waals surface area contributed by atoms with Crippen molar-refractivity contribution in [3.8, 4) is 0 Å². The predicted octanol–water partition coefficient (Wildman–Crippen LogP) is 1.30. The van der Waals surface area contributed by atoms with Gasteiger partial charge in [0.2, 0.25) is 0 Å². The molecule has 0 bridgehead atoms. The Morgan fingerprint density at radius 2 is 1.81 bits per heavy atom. The van der Waals surface area contributed by atoms with Crippen LogP contribution in [0.1, 0.15) is 20.8 Å². The minimum absolute atomic E-state index is 0.271. The lowest BCUT2D eigenvalue weighted by Gasteiger charge is -2.36. The highest BCUT2D eigenvalue weighted by Crippen LogP contribution is 2.21. The second-order valence-electron chi connectivity index (χ2n) is 6.13. The molecule has 0 spiro atoms. The molecular weight excluding hydrogens is 270 g/mol. The lowest BCUT2D eigenvalue weighted by atomic mass is 10.2. The first kappa shape index (κ1) is 15.2. The van der Waals surface area contributed by atoms with Crippen LogP contribution in [0, 0.1) is 0 Å². The maximum atomic E-state index is 12.0. The molecule has 0 saturated carbocycles. The van der Waals surface area contributed by atoms with Crippen molar-refractivity contribution >= 4 is 23.3 Å². The van der Waals surface area contributed by atoms with Gasteiger partial charge in [0.15, 0.2) is 0 Å². The fourth-order valence-corrected chi connectivity index (χ4v) is 2.09. The summed E-state index contributed by atoms with van der Waals surface area (Å²) >= 11 is 0. The summed E-state index contributed by atoms with van der Waals surface area (Å²) in [6.07, 6.45) is 1.29. The molecule has 0 aromatic carbocycles. The van der Waals surface area contributed by atoms with Crippen molar-refractivity contribution in [3.05, 3.63) is 12.3 Å². The van der Waals surface area contributed by atoms with Gasteiger partial charge in [-0.05, 0) is 20.8 Å². The van der Waals surface area contributed by atoms with Gasteiger partial charge in [0.1, 0.15) is 11.4 Å². The summed E-state index contributed by atoms with van der Waals surface area (Å²) in [5.74, 6) is 0.783. The zero-order valence-corrected chi connectivity index (χ0v) is 12.8. The third-order valence-electron chi connectivity index (χ3n) is 3.21. The number of hydrogen-bond acceptors (Lipinski definition) is 6. The number of aromatic nitrogens is 1. The maximum absolute atomic E-state index is 12.0. The lowest BCUT2D eigenvalue weighted by molar-refractivity contribution is 0.0240.